The lowest BCUT2D eigenvalue weighted by Gasteiger charge is -2.09. The quantitative estimate of drug-likeness (QED) is 0.544. The fourth-order valence-electron chi connectivity index (χ4n) is 0.516. The Morgan fingerprint density at radius 1 is 1.64 bits per heavy atom. The van der Waals surface area contributed by atoms with Gasteiger partial charge in [-0.25, -0.2) is 4.79 Å². The number of nitrogens with one attached hydrogen (secondary N) is 1. The van der Waals surface area contributed by atoms with Crippen LogP contribution in [0.5, 0.6) is 0 Å². The van der Waals surface area contributed by atoms with Gasteiger partial charge in [-0.15, -0.1) is 0 Å². The molecule has 1 atom stereocenters. The van der Waals surface area contributed by atoms with Gasteiger partial charge in [0.1, 0.15) is 6.04 Å². The molecule has 11 heavy (non-hydrogen) atoms. The second kappa shape index (κ2) is 5.12. The van der Waals surface area contributed by atoms with Gasteiger partial charge < -0.3 is 10.1 Å². The summed E-state index contributed by atoms with van der Waals surface area (Å²) >= 11 is 2.95. The van der Waals surface area contributed by atoms with E-state index in [0.717, 1.165) is 0 Å². The Hall–Kier alpha value is -0.580. The van der Waals surface area contributed by atoms with Crippen LogP contribution in [0.15, 0.2) is 0 Å². The molecule has 4 nitrogen and oxygen atoms in total. The number of carbonyl (C=O) groups excluding carboxylic acids is 2. The summed E-state index contributed by atoms with van der Waals surface area (Å²) in [6.45, 7) is 1.56. The normalized spacial score (nSPS) is 11.9. The van der Waals surface area contributed by atoms with Crippen molar-refractivity contribution in [1.29, 1.82) is 0 Å². The van der Waals surface area contributed by atoms with Crippen molar-refractivity contribution >= 4 is 27.8 Å². The van der Waals surface area contributed by atoms with Gasteiger partial charge in [0.2, 0.25) is 5.91 Å². The second-order valence-electron chi connectivity index (χ2n) is 1.95. The summed E-state index contributed by atoms with van der Waals surface area (Å²) in [6.07, 6.45) is 0. The van der Waals surface area contributed by atoms with Crippen molar-refractivity contribution in [3.63, 3.8) is 0 Å². The van der Waals surface area contributed by atoms with Crippen LogP contribution in [0.25, 0.3) is 0 Å². The van der Waals surface area contributed by atoms with Crippen LogP contribution in [0.1, 0.15) is 6.92 Å². The molecule has 1 amide bonds. The van der Waals surface area contributed by atoms with E-state index < -0.39 is 12.0 Å². The SMILES string of the molecule is COC(=O)[C@H](C)NC(=O)CBr. The third kappa shape index (κ3) is 3.98. The van der Waals surface area contributed by atoms with Crippen LogP contribution in [-0.2, 0) is 14.3 Å². The lowest BCUT2D eigenvalue weighted by atomic mass is 10.3. The van der Waals surface area contributed by atoms with Gasteiger partial charge in [0.05, 0.1) is 12.4 Å². The fraction of sp³-hybridized carbons (Fsp3) is 0.667. The topological polar surface area (TPSA) is 55.4 Å². The highest BCUT2D eigenvalue weighted by Gasteiger charge is 2.14. The highest BCUT2D eigenvalue weighted by Crippen LogP contribution is 1.87. The summed E-state index contributed by atoms with van der Waals surface area (Å²) in [4.78, 5) is 21.4. The van der Waals surface area contributed by atoms with Gasteiger partial charge in [-0.3, -0.25) is 4.79 Å². The molecule has 64 valence electrons. The minimum Gasteiger partial charge on any atom is -0.467 e. The van der Waals surface area contributed by atoms with Crippen LogP contribution in [0, 0.1) is 0 Å². The van der Waals surface area contributed by atoms with Crippen molar-refractivity contribution in [1.82, 2.24) is 5.32 Å². The van der Waals surface area contributed by atoms with Crippen molar-refractivity contribution in [2.75, 3.05) is 12.4 Å². The first-order chi connectivity index (χ1) is 5.11. The molecule has 0 fully saturated rings. The molecule has 5 heteroatoms. The predicted octanol–water partition coefficient (Wildman–Crippen LogP) is 0.0590. The Kier molecular flexibility index (Phi) is 4.85. The lowest BCUT2D eigenvalue weighted by molar-refractivity contribution is -0.144. The van der Waals surface area contributed by atoms with Crippen molar-refractivity contribution in [2.24, 2.45) is 0 Å². The van der Waals surface area contributed by atoms with E-state index in [0.29, 0.717) is 0 Å². The summed E-state index contributed by atoms with van der Waals surface area (Å²) in [7, 11) is 1.28. The van der Waals surface area contributed by atoms with Crippen LogP contribution >= 0.6 is 15.9 Å². The fourth-order valence-corrected chi connectivity index (χ4v) is 0.678. The summed E-state index contributed by atoms with van der Waals surface area (Å²) in [5, 5.41) is 2.61. The molecule has 0 bridgehead atoms. The van der Waals surface area contributed by atoms with E-state index in [1.165, 1.54) is 7.11 Å². The first-order valence-electron chi connectivity index (χ1n) is 3.05. The summed E-state index contributed by atoms with van der Waals surface area (Å²) in [6, 6.07) is -0.579. The second-order valence-corrected chi connectivity index (χ2v) is 2.51. The van der Waals surface area contributed by atoms with Gasteiger partial charge in [0.15, 0.2) is 0 Å². The Morgan fingerprint density at radius 2 is 2.18 bits per heavy atom. The van der Waals surface area contributed by atoms with Gasteiger partial charge in [0.25, 0.3) is 0 Å². The molecule has 0 unspecified atom stereocenters. The minimum absolute atomic E-state index is 0.189. The molecule has 0 aromatic rings. The van der Waals surface area contributed by atoms with Crippen molar-refractivity contribution in [2.45, 2.75) is 13.0 Å². The number of hydrogen-bond donors (Lipinski definition) is 1. The van der Waals surface area contributed by atoms with Gasteiger partial charge in [-0.1, -0.05) is 15.9 Å². The van der Waals surface area contributed by atoms with Gasteiger partial charge >= 0.3 is 5.97 Å². The zero-order chi connectivity index (χ0) is 8.85. The van der Waals surface area contributed by atoms with Gasteiger partial charge in [-0.2, -0.15) is 0 Å². The summed E-state index contributed by atoms with van der Waals surface area (Å²) in [5.41, 5.74) is 0. The van der Waals surface area contributed by atoms with E-state index in [2.05, 4.69) is 26.0 Å². The number of hydrogen-bond acceptors (Lipinski definition) is 3. The van der Waals surface area contributed by atoms with Gasteiger partial charge in [0, 0.05) is 0 Å². The number of amides is 1. The summed E-state index contributed by atoms with van der Waals surface area (Å²) in [5.74, 6) is -0.679. The zero-order valence-corrected chi connectivity index (χ0v) is 7.97. The number of methoxy groups -OCH3 is 1. The molecule has 0 aliphatic carbocycles. The molecule has 0 saturated carbocycles. The lowest BCUT2D eigenvalue weighted by Crippen LogP contribution is -2.39. The van der Waals surface area contributed by atoms with Crippen LogP contribution in [0.4, 0.5) is 0 Å². The molecule has 0 radical (unpaired) electrons. The molecule has 0 spiro atoms. The number of carbonyl (C=O) groups is 2. The monoisotopic (exact) mass is 223 g/mol. The van der Waals surface area contributed by atoms with Crippen molar-refractivity contribution < 1.29 is 14.3 Å². The number of rotatable bonds is 3. The maximum Gasteiger partial charge on any atom is 0.328 e. The summed E-state index contributed by atoms with van der Waals surface area (Å²) < 4.78 is 4.39. The van der Waals surface area contributed by atoms with Crippen LogP contribution in [0.2, 0.25) is 0 Å². The van der Waals surface area contributed by atoms with Crippen LogP contribution in [-0.4, -0.2) is 30.4 Å². The molecule has 0 aromatic heterocycles. The maximum atomic E-state index is 10.7. The molecule has 0 heterocycles. The van der Waals surface area contributed by atoms with Crippen LogP contribution < -0.4 is 5.32 Å². The highest BCUT2D eigenvalue weighted by molar-refractivity contribution is 9.09. The zero-order valence-electron chi connectivity index (χ0n) is 6.39. The van der Waals surface area contributed by atoms with Crippen molar-refractivity contribution in [3.8, 4) is 0 Å². The number of ether oxygens (including phenoxy) is 1. The molecular formula is C6H10BrNO3. The predicted molar refractivity (Wildman–Crippen MR) is 43.4 cm³/mol. The van der Waals surface area contributed by atoms with Gasteiger partial charge in [-0.05, 0) is 6.92 Å². The van der Waals surface area contributed by atoms with E-state index in [-0.39, 0.29) is 11.2 Å². The average molecular weight is 224 g/mol. The van der Waals surface area contributed by atoms with E-state index in [9.17, 15) is 9.59 Å². The van der Waals surface area contributed by atoms with Crippen LogP contribution in [0.3, 0.4) is 0 Å². The first-order valence-corrected chi connectivity index (χ1v) is 4.17. The molecule has 0 aromatic carbocycles. The van der Waals surface area contributed by atoms with E-state index in [4.69, 9.17) is 0 Å². The highest BCUT2D eigenvalue weighted by atomic mass is 79.9. The minimum atomic E-state index is -0.579. The number of esters is 1. The Balaban J connectivity index is 3.77. The molecule has 1 N–H and O–H groups in total. The molecule has 0 rings (SSSR count). The Labute approximate surface area is 73.4 Å². The number of halogens is 1. The molecule has 0 aliphatic heterocycles. The first kappa shape index (κ1) is 10.4. The number of alkyl halides is 1. The van der Waals surface area contributed by atoms with E-state index in [1.54, 1.807) is 6.92 Å². The maximum absolute atomic E-state index is 10.7. The Bertz CT molecular complexity index is 160. The van der Waals surface area contributed by atoms with E-state index >= 15 is 0 Å². The Morgan fingerprint density at radius 3 is 2.55 bits per heavy atom. The standard InChI is InChI=1S/C6H10BrNO3/c1-4(6(10)11-2)8-5(9)3-7/h4H,3H2,1-2H3,(H,8,9)/t4-/m0/s1. The third-order valence-corrected chi connectivity index (χ3v) is 1.56. The average Bonchev–Trinajstić information content (AvgIpc) is 2.02. The largest absolute Gasteiger partial charge is 0.467 e. The molecule has 0 saturated heterocycles. The van der Waals surface area contributed by atoms with E-state index in [1.807, 2.05) is 0 Å². The third-order valence-electron chi connectivity index (χ3n) is 1.05. The smallest absolute Gasteiger partial charge is 0.328 e. The molecular weight excluding hydrogens is 214 g/mol. The van der Waals surface area contributed by atoms with Crippen molar-refractivity contribution in [3.05, 3.63) is 0 Å². The molecule has 0 aliphatic rings.